The molecule has 2 bridgehead atoms. The van der Waals surface area contributed by atoms with Crippen LogP contribution in [0.25, 0.3) is 0 Å². The SMILES string of the molecule is Nc1ncc2c(c1N)C(=O)c1cccc(c1)C2=O. The summed E-state index contributed by atoms with van der Waals surface area (Å²) in [5.41, 5.74) is 12.7. The van der Waals surface area contributed by atoms with Gasteiger partial charge in [-0.1, -0.05) is 18.2 Å². The Morgan fingerprint density at radius 1 is 1.00 bits per heavy atom. The van der Waals surface area contributed by atoms with Gasteiger partial charge in [-0.25, -0.2) is 4.98 Å². The number of aromatic nitrogens is 1. The number of nitrogen functional groups attached to an aromatic ring is 2. The van der Waals surface area contributed by atoms with E-state index in [1.807, 2.05) is 0 Å². The highest BCUT2D eigenvalue weighted by atomic mass is 16.1. The van der Waals surface area contributed by atoms with Crippen LogP contribution in [0.3, 0.4) is 0 Å². The Morgan fingerprint density at radius 3 is 2.39 bits per heavy atom. The maximum atomic E-state index is 12.3. The molecule has 0 amide bonds. The Kier molecular flexibility index (Phi) is 1.98. The van der Waals surface area contributed by atoms with Gasteiger partial charge in [0.15, 0.2) is 11.6 Å². The van der Waals surface area contributed by atoms with Crippen molar-refractivity contribution in [3.63, 3.8) is 0 Å². The molecule has 0 saturated heterocycles. The van der Waals surface area contributed by atoms with Crippen LogP contribution in [0, 0.1) is 0 Å². The molecule has 0 unspecified atom stereocenters. The van der Waals surface area contributed by atoms with Crippen molar-refractivity contribution in [1.82, 2.24) is 4.98 Å². The summed E-state index contributed by atoms with van der Waals surface area (Å²) in [5, 5.41) is 0. The molecule has 1 aromatic carbocycles. The Labute approximate surface area is 102 Å². The molecular formula is C13H9N3O2. The molecule has 0 aliphatic heterocycles. The third-order valence-corrected chi connectivity index (χ3v) is 3.01. The van der Waals surface area contributed by atoms with Crippen LogP contribution in [0.1, 0.15) is 31.8 Å². The zero-order valence-corrected chi connectivity index (χ0v) is 9.31. The first kappa shape index (κ1) is 10.5. The number of pyridine rings is 1. The maximum Gasteiger partial charge on any atom is 0.196 e. The van der Waals surface area contributed by atoms with E-state index in [1.165, 1.54) is 6.20 Å². The minimum absolute atomic E-state index is 0.0601. The fraction of sp³-hybridized carbons (Fsp3) is 0. The van der Waals surface area contributed by atoms with Gasteiger partial charge in [-0.15, -0.1) is 0 Å². The van der Waals surface area contributed by atoms with Crippen LogP contribution < -0.4 is 11.5 Å². The third-order valence-electron chi connectivity index (χ3n) is 3.01. The molecule has 4 N–H and O–H groups in total. The number of nitrogens with two attached hydrogens (primary N) is 2. The van der Waals surface area contributed by atoms with E-state index >= 15 is 0 Å². The fourth-order valence-electron chi connectivity index (χ4n) is 2.06. The summed E-state index contributed by atoms with van der Waals surface area (Å²) >= 11 is 0. The van der Waals surface area contributed by atoms with E-state index in [-0.39, 0.29) is 34.2 Å². The zero-order valence-electron chi connectivity index (χ0n) is 9.31. The lowest BCUT2D eigenvalue weighted by molar-refractivity contribution is 0.101. The van der Waals surface area contributed by atoms with Gasteiger partial charge in [-0.3, -0.25) is 9.59 Å². The predicted octanol–water partition coefficient (Wildman–Crippen LogP) is 1.02. The molecule has 2 aromatic rings. The van der Waals surface area contributed by atoms with Crippen LogP contribution in [0.2, 0.25) is 0 Å². The summed E-state index contributed by atoms with van der Waals surface area (Å²) in [5.74, 6) is -0.508. The summed E-state index contributed by atoms with van der Waals surface area (Å²) in [4.78, 5) is 28.4. The lowest BCUT2D eigenvalue weighted by Crippen LogP contribution is -2.13. The average molecular weight is 239 g/mol. The van der Waals surface area contributed by atoms with E-state index < -0.39 is 0 Å². The topological polar surface area (TPSA) is 99.1 Å². The van der Waals surface area contributed by atoms with E-state index in [9.17, 15) is 9.59 Å². The van der Waals surface area contributed by atoms with Gasteiger partial charge in [0.25, 0.3) is 0 Å². The lowest BCUT2D eigenvalue weighted by Gasteiger charge is -2.08. The quantitative estimate of drug-likeness (QED) is 0.610. The molecule has 0 fully saturated rings. The van der Waals surface area contributed by atoms with Crippen molar-refractivity contribution < 1.29 is 9.59 Å². The van der Waals surface area contributed by atoms with Gasteiger partial charge in [0, 0.05) is 17.3 Å². The minimum atomic E-state index is -0.302. The molecule has 88 valence electrons. The number of carbonyl (C=O) groups is 2. The average Bonchev–Trinajstić information content (AvgIpc) is 2.45. The van der Waals surface area contributed by atoms with Crippen molar-refractivity contribution in [3.05, 3.63) is 52.7 Å². The normalized spacial score (nSPS) is 13.1. The fourth-order valence-corrected chi connectivity index (χ4v) is 2.06. The second kappa shape index (κ2) is 3.40. The Balaban J connectivity index is 2.43. The van der Waals surface area contributed by atoms with Crippen molar-refractivity contribution >= 4 is 23.1 Å². The highest BCUT2D eigenvalue weighted by molar-refractivity contribution is 6.25. The van der Waals surface area contributed by atoms with Gasteiger partial charge in [0.1, 0.15) is 5.82 Å². The first-order valence-corrected chi connectivity index (χ1v) is 5.33. The lowest BCUT2D eigenvalue weighted by atomic mass is 9.99. The summed E-state index contributed by atoms with van der Waals surface area (Å²) in [6.07, 6.45) is 1.30. The largest absolute Gasteiger partial charge is 0.395 e. The van der Waals surface area contributed by atoms with E-state index in [0.717, 1.165) is 0 Å². The molecule has 3 rings (SSSR count). The zero-order chi connectivity index (χ0) is 12.9. The third kappa shape index (κ3) is 1.24. The van der Waals surface area contributed by atoms with Crippen LogP contribution in [-0.2, 0) is 0 Å². The van der Waals surface area contributed by atoms with Gasteiger partial charge in [-0.05, 0) is 6.07 Å². The van der Waals surface area contributed by atoms with E-state index in [2.05, 4.69) is 4.98 Å². The Morgan fingerprint density at radius 2 is 1.67 bits per heavy atom. The van der Waals surface area contributed by atoms with E-state index in [0.29, 0.717) is 11.1 Å². The Bertz CT molecular complexity index is 707. The second-order valence-electron chi connectivity index (χ2n) is 4.08. The van der Waals surface area contributed by atoms with Crippen LogP contribution in [0.15, 0.2) is 30.5 Å². The maximum absolute atomic E-state index is 12.3. The molecule has 0 radical (unpaired) electrons. The van der Waals surface area contributed by atoms with Crippen LogP contribution in [0.5, 0.6) is 0 Å². The van der Waals surface area contributed by atoms with E-state index in [4.69, 9.17) is 11.5 Å². The van der Waals surface area contributed by atoms with Crippen LogP contribution >= 0.6 is 0 Å². The van der Waals surface area contributed by atoms with Crippen LogP contribution in [0.4, 0.5) is 11.5 Å². The highest BCUT2D eigenvalue weighted by Crippen LogP contribution is 2.29. The number of anilines is 2. The number of ketones is 2. The molecule has 18 heavy (non-hydrogen) atoms. The van der Waals surface area contributed by atoms with Gasteiger partial charge in [0.05, 0.1) is 16.8 Å². The van der Waals surface area contributed by atoms with Crippen molar-refractivity contribution in [2.24, 2.45) is 0 Å². The number of rotatable bonds is 0. The number of hydrogen-bond donors (Lipinski definition) is 2. The number of carbonyl (C=O) groups excluding carboxylic acids is 2. The molecular weight excluding hydrogens is 230 g/mol. The number of fused-ring (bicyclic) bond motifs is 3. The predicted molar refractivity (Wildman–Crippen MR) is 66.4 cm³/mol. The standard InChI is InChI=1S/C13H9N3O2/c14-10-9-8(5-16-13(10)15)11(17)6-2-1-3-7(4-6)12(9)18/h1-5H,14H2,(H2,15,16). The van der Waals surface area contributed by atoms with Crippen molar-refractivity contribution in [2.45, 2.75) is 0 Å². The molecule has 0 saturated carbocycles. The summed E-state index contributed by atoms with van der Waals surface area (Å²) in [7, 11) is 0. The highest BCUT2D eigenvalue weighted by Gasteiger charge is 2.27. The van der Waals surface area contributed by atoms with Crippen molar-refractivity contribution in [2.75, 3.05) is 11.5 Å². The summed E-state index contributed by atoms with van der Waals surface area (Å²) < 4.78 is 0. The van der Waals surface area contributed by atoms with Gasteiger partial charge < -0.3 is 11.5 Å². The minimum Gasteiger partial charge on any atom is -0.395 e. The smallest absolute Gasteiger partial charge is 0.196 e. The van der Waals surface area contributed by atoms with Gasteiger partial charge in [-0.2, -0.15) is 0 Å². The molecule has 0 atom stereocenters. The number of nitrogens with zero attached hydrogens (tertiary/aromatic N) is 1. The molecule has 1 aliphatic carbocycles. The monoisotopic (exact) mass is 239 g/mol. The first-order chi connectivity index (χ1) is 8.59. The van der Waals surface area contributed by atoms with Gasteiger partial charge >= 0.3 is 0 Å². The summed E-state index contributed by atoms with van der Waals surface area (Å²) in [6.45, 7) is 0. The molecule has 0 spiro atoms. The molecule has 5 nitrogen and oxygen atoms in total. The summed E-state index contributed by atoms with van der Waals surface area (Å²) in [6, 6.07) is 6.52. The van der Waals surface area contributed by atoms with Crippen LogP contribution in [-0.4, -0.2) is 16.6 Å². The van der Waals surface area contributed by atoms with Crippen molar-refractivity contribution in [1.29, 1.82) is 0 Å². The van der Waals surface area contributed by atoms with Crippen molar-refractivity contribution in [3.8, 4) is 0 Å². The van der Waals surface area contributed by atoms with Gasteiger partial charge in [0.2, 0.25) is 0 Å². The number of benzene rings is 1. The molecule has 1 aliphatic rings. The second-order valence-corrected chi connectivity index (χ2v) is 4.08. The molecule has 1 aromatic heterocycles. The Hall–Kier alpha value is -2.69. The molecule has 1 heterocycles. The number of hydrogen-bond acceptors (Lipinski definition) is 5. The van der Waals surface area contributed by atoms with E-state index in [1.54, 1.807) is 24.3 Å². The molecule has 5 heteroatoms. The first-order valence-electron chi connectivity index (χ1n) is 5.33.